The summed E-state index contributed by atoms with van der Waals surface area (Å²) in [5.74, 6) is -0.580. The van der Waals surface area contributed by atoms with Crippen molar-refractivity contribution in [2.45, 2.75) is 57.1 Å². The molecule has 2 aliphatic rings. The first-order valence-electron chi connectivity index (χ1n) is 7.81. The highest BCUT2D eigenvalue weighted by Gasteiger charge is 2.27. The van der Waals surface area contributed by atoms with Crippen molar-refractivity contribution in [3.63, 3.8) is 0 Å². The molecule has 1 N–H and O–H groups in total. The second-order valence-electron chi connectivity index (χ2n) is 5.86. The standard InChI is InChI=1S/C15H22N2O4/c18-15(19)14-13(21-12-6-2-1-3-7-12)9-16-17(14)11-5-4-8-20-10-11/h9,11-12H,1-8,10H2,(H,18,19). The number of ether oxygens (including phenoxy) is 2. The van der Waals surface area contributed by atoms with Gasteiger partial charge in [-0.2, -0.15) is 5.10 Å². The van der Waals surface area contributed by atoms with E-state index in [0.29, 0.717) is 12.4 Å². The number of rotatable bonds is 4. The Kier molecular flexibility index (Phi) is 4.43. The van der Waals surface area contributed by atoms with E-state index in [1.54, 1.807) is 10.9 Å². The van der Waals surface area contributed by atoms with Gasteiger partial charge in [-0.25, -0.2) is 9.48 Å². The van der Waals surface area contributed by atoms with Crippen molar-refractivity contribution >= 4 is 5.97 Å². The predicted molar refractivity (Wildman–Crippen MR) is 75.8 cm³/mol. The van der Waals surface area contributed by atoms with Crippen molar-refractivity contribution in [2.24, 2.45) is 0 Å². The summed E-state index contributed by atoms with van der Waals surface area (Å²) < 4.78 is 12.9. The molecule has 1 unspecified atom stereocenters. The molecule has 3 rings (SSSR count). The van der Waals surface area contributed by atoms with E-state index < -0.39 is 5.97 Å². The Labute approximate surface area is 124 Å². The molecular formula is C15H22N2O4. The molecule has 1 aromatic heterocycles. The molecule has 0 bridgehead atoms. The number of aromatic nitrogens is 2. The minimum Gasteiger partial charge on any atom is -0.486 e. The molecule has 1 aromatic rings. The highest BCUT2D eigenvalue weighted by Crippen LogP contribution is 2.29. The van der Waals surface area contributed by atoms with Gasteiger partial charge in [-0.15, -0.1) is 0 Å². The van der Waals surface area contributed by atoms with Gasteiger partial charge < -0.3 is 14.6 Å². The van der Waals surface area contributed by atoms with Crippen molar-refractivity contribution in [2.75, 3.05) is 13.2 Å². The Hall–Kier alpha value is -1.56. The Morgan fingerprint density at radius 2 is 2.10 bits per heavy atom. The van der Waals surface area contributed by atoms with Crippen LogP contribution in [-0.4, -0.2) is 40.2 Å². The van der Waals surface area contributed by atoms with Crippen molar-refractivity contribution < 1.29 is 19.4 Å². The molecule has 1 aliphatic heterocycles. The van der Waals surface area contributed by atoms with Gasteiger partial charge in [-0.05, 0) is 38.5 Å². The average Bonchev–Trinajstić information content (AvgIpc) is 2.93. The molecule has 0 amide bonds. The van der Waals surface area contributed by atoms with Gasteiger partial charge in [0.25, 0.3) is 0 Å². The lowest BCUT2D eigenvalue weighted by molar-refractivity contribution is 0.0493. The largest absolute Gasteiger partial charge is 0.486 e. The van der Waals surface area contributed by atoms with Crippen molar-refractivity contribution in [1.82, 2.24) is 9.78 Å². The van der Waals surface area contributed by atoms with Gasteiger partial charge in [0.15, 0.2) is 11.4 Å². The summed E-state index contributed by atoms with van der Waals surface area (Å²) in [5, 5.41) is 13.8. The third-order valence-corrected chi connectivity index (χ3v) is 4.29. The number of carboxylic acid groups (broad SMARTS) is 1. The molecule has 0 radical (unpaired) electrons. The number of hydrogen-bond acceptors (Lipinski definition) is 4. The summed E-state index contributed by atoms with van der Waals surface area (Å²) in [7, 11) is 0. The molecule has 6 nitrogen and oxygen atoms in total. The number of aromatic carboxylic acids is 1. The van der Waals surface area contributed by atoms with Crippen molar-refractivity contribution in [3.8, 4) is 5.75 Å². The third-order valence-electron chi connectivity index (χ3n) is 4.29. The van der Waals surface area contributed by atoms with E-state index in [1.165, 1.54) is 6.42 Å². The lowest BCUT2D eigenvalue weighted by atomic mass is 9.98. The zero-order chi connectivity index (χ0) is 14.7. The van der Waals surface area contributed by atoms with Crippen LogP contribution in [0.25, 0.3) is 0 Å². The molecule has 21 heavy (non-hydrogen) atoms. The molecule has 2 heterocycles. The Balaban J connectivity index is 1.79. The second-order valence-corrected chi connectivity index (χ2v) is 5.86. The minimum absolute atomic E-state index is 0.00597. The monoisotopic (exact) mass is 294 g/mol. The van der Waals surface area contributed by atoms with Crippen LogP contribution in [0.5, 0.6) is 5.75 Å². The zero-order valence-electron chi connectivity index (χ0n) is 12.2. The summed E-state index contributed by atoms with van der Waals surface area (Å²) in [6, 6.07) is -0.00597. The van der Waals surface area contributed by atoms with Crippen LogP contribution in [0.2, 0.25) is 0 Å². The fourth-order valence-corrected chi connectivity index (χ4v) is 3.19. The smallest absolute Gasteiger partial charge is 0.358 e. The molecule has 0 spiro atoms. The van der Waals surface area contributed by atoms with Crippen LogP contribution < -0.4 is 4.74 Å². The molecule has 1 saturated carbocycles. The third kappa shape index (κ3) is 3.20. The van der Waals surface area contributed by atoms with Gasteiger partial charge in [-0.1, -0.05) is 6.42 Å². The SMILES string of the molecule is O=C(O)c1c(OC2CCCCC2)cnn1C1CCCOC1. The average molecular weight is 294 g/mol. The van der Waals surface area contributed by atoms with Crippen LogP contribution >= 0.6 is 0 Å². The highest BCUT2D eigenvalue weighted by atomic mass is 16.5. The predicted octanol–water partition coefficient (Wildman–Crippen LogP) is 2.64. The van der Waals surface area contributed by atoms with Crippen LogP contribution in [-0.2, 0) is 4.74 Å². The Bertz CT molecular complexity index is 488. The van der Waals surface area contributed by atoms with Gasteiger partial charge >= 0.3 is 5.97 Å². The fourth-order valence-electron chi connectivity index (χ4n) is 3.19. The van der Waals surface area contributed by atoms with E-state index in [4.69, 9.17) is 9.47 Å². The second kappa shape index (κ2) is 6.47. The van der Waals surface area contributed by atoms with Crippen LogP contribution in [0.1, 0.15) is 61.5 Å². The van der Waals surface area contributed by atoms with Crippen LogP contribution in [0.15, 0.2) is 6.20 Å². The van der Waals surface area contributed by atoms with Gasteiger partial charge in [0.2, 0.25) is 0 Å². The number of carboxylic acids is 1. The van der Waals surface area contributed by atoms with E-state index in [-0.39, 0.29) is 17.8 Å². The molecular weight excluding hydrogens is 272 g/mol. The van der Waals surface area contributed by atoms with Gasteiger partial charge in [-0.3, -0.25) is 0 Å². The van der Waals surface area contributed by atoms with Crippen molar-refractivity contribution in [3.05, 3.63) is 11.9 Å². The fraction of sp³-hybridized carbons (Fsp3) is 0.733. The normalized spacial score (nSPS) is 23.9. The van der Waals surface area contributed by atoms with E-state index >= 15 is 0 Å². The minimum atomic E-state index is -0.983. The summed E-state index contributed by atoms with van der Waals surface area (Å²) in [5.41, 5.74) is 0.163. The number of hydrogen-bond donors (Lipinski definition) is 1. The summed E-state index contributed by atoms with van der Waals surface area (Å²) in [6.45, 7) is 1.26. The Morgan fingerprint density at radius 3 is 2.76 bits per heavy atom. The lowest BCUT2D eigenvalue weighted by Crippen LogP contribution is -2.26. The maximum atomic E-state index is 11.6. The van der Waals surface area contributed by atoms with Gasteiger partial charge in [0, 0.05) is 6.61 Å². The highest BCUT2D eigenvalue weighted by molar-refractivity contribution is 5.88. The van der Waals surface area contributed by atoms with E-state index in [9.17, 15) is 9.90 Å². The van der Waals surface area contributed by atoms with Crippen LogP contribution in [0.4, 0.5) is 0 Å². The Morgan fingerprint density at radius 1 is 1.29 bits per heavy atom. The first kappa shape index (κ1) is 14.4. The number of carbonyl (C=O) groups is 1. The first-order chi connectivity index (χ1) is 10.3. The zero-order valence-corrected chi connectivity index (χ0v) is 12.2. The molecule has 1 saturated heterocycles. The van der Waals surface area contributed by atoms with Crippen molar-refractivity contribution in [1.29, 1.82) is 0 Å². The molecule has 1 aliphatic carbocycles. The molecule has 2 fully saturated rings. The quantitative estimate of drug-likeness (QED) is 0.924. The number of nitrogens with zero attached hydrogens (tertiary/aromatic N) is 2. The topological polar surface area (TPSA) is 73.6 Å². The molecule has 116 valence electrons. The lowest BCUT2D eigenvalue weighted by Gasteiger charge is -2.24. The van der Waals surface area contributed by atoms with E-state index in [1.807, 2.05) is 0 Å². The van der Waals surface area contributed by atoms with Crippen LogP contribution in [0, 0.1) is 0 Å². The summed E-state index contributed by atoms with van der Waals surface area (Å²) in [4.78, 5) is 11.6. The first-order valence-corrected chi connectivity index (χ1v) is 7.81. The molecule has 1 atom stereocenters. The van der Waals surface area contributed by atoms with Gasteiger partial charge in [0.1, 0.15) is 0 Å². The maximum Gasteiger partial charge on any atom is 0.358 e. The van der Waals surface area contributed by atoms with E-state index in [2.05, 4.69) is 5.10 Å². The maximum absolute atomic E-state index is 11.6. The molecule has 6 heteroatoms. The summed E-state index contributed by atoms with van der Waals surface area (Å²) in [6.07, 6.45) is 9.03. The van der Waals surface area contributed by atoms with Crippen LogP contribution in [0.3, 0.4) is 0 Å². The summed E-state index contributed by atoms with van der Waals surface area (Å²) >= 11 is 0. The van der Waals surface area contributed by atoms with E-state index in [0.717, 1.165) is 45.1 Å². The molecule has 0 aromatic carbocycles. The van der Waals surface area contributed by atoms with Gasteiger partial charge in [0.05, 0.1) is 24.9 Å².